The lowest BCUT2D eigenvalue weighted by Crippen LogP contribution is -2.22. The van der Waals surface area contributed by atoms with Gasteiger partial charge >= 0.3 is 0 Å². The summed E-state index contributed by atoms with van der Waals surface area (Å²) in [7, 11) is 0. The van der Waals surface area contributed by atoms with E-state index in [1.807, 2.05) is 48.7 Å². The van der Waals surface area contributed by atoms with Crippen LogP contribution in [0.2, 0.25) is 5.02 Å². The summed E-state index contributed by atoms with van der Waals surface area (Å²) in [5, 5.41) is 3.44. The Morgan fingerprint density at radius 1 is 1.06 bits per heavy atom. The number of nitrogens with one attached hydrogen (secondary N) is 1. The maximum absolute atomic E-state index is 13.4. The molecule has 0 fully saturated rings. The van der Waals surface area contributed by atoms with Crippen LogP contribution < -0.4 is 11.1 Å². The number of halogens is 1. The molecule has 0 aliphatic carbocycles. The summed E-state index contributed by atoms with van der Waals surface area (Å²) in [4.78, 5) is 37.8. The van der Waals surface area contributed by atoms with Crippen molar-refractivity contribution in [3.63, 3.8) is 0 Å². The van der Waals surface area contributed by atoms with Gasteiger partial charge in [-0.3, -0.25) is 14.2 Å². The van der Waals surface area contributed by atoms with Crippen molar-refractivity contribution < 1.29 is 0 Å². The summed E-state index contributed by atoms with van der Waals surface area (Å²) >= 11 is 9.03. The fraction of sp³-hybridized carbons (Fsp3) is 0.0909. The largest absolute Gasteiger partial charge is 0.309 e. The molecule has 0 saturated heterocycles. The number of aromatic nitrogens is 4. The molecule has 31 heavy (non-hydrogen) atoms. The van der Waals surface area contributed by atoms with E-state index in [0.717, 1.165) is 5.56 Å². The summed E-state index contributed by atoms with van der Waals surface area (Å²) in [6.07, 6.45) is 0. The molecule has 0 aliphatic rings. The van der Waals surface area contributed by atoms with Gasteiger partial charge in [0.25, 0.3) is 11.1 Å². The van der Waals surface area contributed by atoms with Crippen LogP contribution in [0.1, 0.15) is 11.4 Å². The van der Waals surface area contributed by atoms with Crippen LogP contribution >= 0.6 is 34.7 Å². The van der Waals surface area contributed by atoms with Crippen molar-refractivity contribution in [2.24, 2.45) is 0 Å². The maximum Gasteiger partial charge on any atom is 0.268 e. The zero-order valence-electron chi connectivity index (χ0n) is 16.3. The van der Waals surface area contributed by atoms with Crippen LogP contribution in [0.25, 0.3) is 26.8 Å². The van der Waals surface area contributed by atoms with E-state index in [0.29, 0.717) is 48.6 Å². The first-order chi connectivity index (χ1) is 15.0. The first-order valence-electron chi connectivity index (χ1n) is 9.39. The average molecular weight is 467 g/mol. The first-order valence-corrected chi connectivity index (χ1v) is 11.6. The Hall–Kier alpha value is -2.94. The number of aromatic amines is 1. The zero-order chi connectivity index (χ0) is 21.5. The van der Waals surface area contributed by atoms with Crippen molar-refractivity contribution >= 4 is 55.8 Å². The van der Waals surface area contributed by atoms with Gasteiger partial charge in [-0.2, -0.15) is 0 Å². The van der Waals surface area contributed by atoms with Crippen molar-refractivity contribution in [3.05, 3.63) is 91.0 Å². The van der Waals surface area contributed by atoms with E-state index in [1.165, 1.54) is 23.1 Å². The molecule has 0 spiro atoms. The van der Waals surface area contributed by atoms with Crippen molar-refractivity contribution in [2.75, 3.05) is 0 Å². The number of rotatable bonds is 4. The number of nitrogens with zero attached hydrogens (tertiary/aromatic N) is 3. The average Bonchev–Trinajstić information content (AvgIpc) is 3.24. The van der Waals surface area contributed by atoms with E-state index in [-0.39, 0.29) is 11.1 Å². The van der Waals surface area contributed by atoms with Crippen molar-refractivity contribution in [1.82, 2.24) is 19.5 Å². The fourth-order valence-corrected chi connectivity index (χ4v) is 5.15. The minimum absolute atomic E-state index is 0.162. The summed E-state index contributed by atoms with van der Waals surface area (Å²) in [5.41, 5.74) is 2.40. The van der Waals surface area contributed by atoms with Crippen molar-refractivity contribution in [1.29, 1.82) is 0 Å². The standard InChI is InChI=1S/C22H15ClN4O2S2/c1-12-14(23)6-4-8-17(12)27-21(29)13-5-2-3-7-15(13)25-22(27)31-11-18-24-16-9-10-30-19(16)20(28)26-18/h2-10H,11H2,1H3,(H,24,26,28). The van der Waals surface area contributed by atoms with Gasteiger partial charge in [-0.1, -0.05) is 41.6 Å². The molecule has 3 heterocycles. The Kier molecular flexibility index (Phi) is 5.13. The normalized spacial score (nSPS) is 11.4. The molecule has 3 aromatic heterocycles. The van der Waals surface area contributed by atoms with Gasteiger partial charge in [0.15, 0.2) is 5.16 Å². The molecule has 9 heteroatoms. The third-order valence-corrected chi connectivity index (χ3v) is 7.19. The Morgan fingerprint density at radius 3 is 2.77 bits per heavy atom. The Labute approximate surface area is 189 Å². The Bertz CT molecular complexity index is 1570. The molecule has 0 atom stereocenters. The van der Waals surface area contributed by atoms with Gasteiger partial charge in [-0.15, -0.1) is 11.3 Å². The van der Waals surface area contributed by atoms with Crippen LogP contribution in [-0.4, -0.2) is 19.5 Å². The third-order valence-electron chi connectivity index (χ3n) is 4.93. The predicted octanol–water partition coefficient (Wildman–Crippen LogP) is 4.94. The molecule has 154 valence electrons. The van der Waals surface area contributed by atoms with Crippen LogP contribution in [0.5, 0.6) is 0 Å². The number of thioether (sulfide) groups is 1. The van der Waals surface area contributed by atoms with E-state index >= 15 is 0 Å². The lowest BCUT2D eigenvalue weighted by molar-refractivity contribution is 0.813. The van der Waals surface area contributed by atoms with Crippen LogP contribution in [-0.2, 0) is 5.75 Å². The molecule has 1 N–H and O–H groups in total. The summed E-state index contributed by atoms with van der Waals surface area (Å²) in [5.74, 6) is 0.878. The number of para-hydroxylation sites is 1. The molecular weight excluding hydrogens is 452 g/mol. The molecule has 0 radical (unpaired) electrons. The molecule has 5 aromatic rings. The smallest absolute Gasteiger partial charge is 0.268 e. The van der Waals surface area contributed by atoms with Crippen LogP contribution in [0, 0.1) is 6.92 Å². The van der Waals surface area contributed by atoms with E-state index < -0.39 is 0 Å². The highest BCUT2D eigenvalue weighted by molar-refractivity contribution is 7.98. The van der Waals surface area contributed by atoms with E-state index in [2.05, 4.69) is 9.97 Å². The van der Waals surface area contributed by atoms with Crippen LogP contribution in [0.15, 0.2) is 68.7 Å². The van der Waals surface area contributed by atoms with Crippen LogP contribution in [0.3, 0.4) is 0 Å². The summed E-state index contributed by atoms with van der Waals surface area (Å²) in [6.45, 7) is 1.87. The SMILES string of the molecule is Cc1c(Cl)cccc1-n1c(SCc2nc3ccsc3c(=O)[nH]2)nc2ccccc2c1=O. The number of benzene rings is 2. The first kappa shape index (κ1) is 20.0. The summed E-state index contributed by atoms with van der Waals surface area (Å²) in [6, 6.07) is 14.5. The molecule has 6 nitrogen and oxygen atoms in total. The second-order valence-electron chi connectivity index (χ2n) is 6.87. The van der Waals surface area contributed by atoms with Gasteiger partial charge in [0.05, 0.1) is 27.9 Å². The lowest BCUT2D eigenvalue weighted by atomic mass is 10.2. The number of H-pyrrole nitrogens is 1. The number of fused-ring (bicyclic) bond motifs is 2. The van der Waals surface area contributed by atoms with E-state index in [1.54, 1.807) is 16.7 Å². The van der Waals surface area contributed by atoms with Gasteiger partial charge in [0.1, 0.15) is 10.5 Å². The highest BCUT2D eigenvalue weighted by Gasteiger charge is 2.16. The quantitative estimate of drug-likeness (QED) is 0.300. The fourth-order valence-electron chi connectivity index (χ4n) is 3.38. The van der Waals surface area contributed by atoms with Gasteiger partial charge in [-0.25, -0.2) is 9.97 Å². The molecule has 0 aliphatic heterocycles. The molecular formula is C22H15ClN4O2S2. The number of hydrogen-bond acceptors (Lipinski definition) is 6. The molecule has 5 rings (SSSR count). The monoisotopic (exact) mass is 466 g/mol. The van der Waals surface area contributed by atoms with Gasteiger partial charge < -0.3 is 4.98 Å². The van der Waals surface area contributed by atoms with Crippen molar-refractivity contribution in [3.8, 4) is 5.69 Å². The highest BCUT2D eigenvalue weighted by Crippen LogP contribution is 2.28. The summed E-state index contributed by atoms with van der Waals surface area (Å²) < 4.78 is 2.18. The topological polar surface area (TPSA) is 80.6 Å². The second-order valence-corrected chi connectivity index (χ2v) is 9.14. The Morgan fingerprint density at radius 2 is 1.90 bits per heavy atom. The van der Waals surface area contributed by atoms with Gasteiger partial charge in [-0.05, 0) is 48.2 Å². The number of thiophene rings is 1. The second kappa shape index (κ2) is 7.96. The third kappa shape index (κ3) is 3.56. The molecule has 0 bridgehead atoms. The molecule has 0 saturated carbocycles. The van der Waals surface area contributed by atoms with Crippen molar-refractivity contribution in [2.45, 2.75) is 17.8 Å². The molecule has 2 aromatic carbocycles. The van der Waals surface area contributed by atoms with E-state index in [4.69, 9.17) is 16.6 Å². The molecule has 0 unspecified atom stereocenters. The zero-order valence-corrected chi connectivity index (χ0v) is 18.6. The van der Waals surface area contributed by atoms with Gasteiger partial charge in [0.2, 0.25) is 0 Å². The number of hydrogen-bond donors (Lipinski definition) is 1. The lowest BCUT2D eigenvalue weighted by Gasteiger charge is -2.15. The predicted molar refractivity (Wildman–Crippen MR) is 127 cm³/mol. The molecule has 0 amide bonds. The van der Waals surface area contributed by atoms with Gasteiger partial charge in [0, 0.05) is 5.02 Å². The minimum Gasteiger partial charge on any atom is -0.309 e. The Balaban J connectivity index is 1.65. The maximum atomic E-state index is 13.4. The highest BCUT2D eigenvalue weighted by atomic mass is 35.5. The minimum atomic E-state index is -0.173. The van der Waals surface area contributed by atoms with Crippen LogP contribution in [0.4, 0.5) is 0 Å². The van der Waals surface area contributed by atoms with E-state index in [9.17, 15) is 9.59 Å².